The molecule has 2 aromatic heterocycles. The number of anilines is 1. The number of thioether (sulfide) groups is 1. The average Bonchev–Trinajstić information content (AvgIpc) is 3.51. The van der Waals surface area contributed by atoms with E-state index in [-0.39, 0.29) is 17.3 Å². The van der Waals surface area contributed by atoms with Gasteiger partial charge in [-0.3, -0.25) is 4.79 Å². The van der Waals surface area contributed by atoms with Crippen LogP contribution in [0.2, 0.25) is 0 Å². The van der Waals surface area contributed by atoms with E-state index >= 15 is 0 Å². The van der Waals surface area contributed by atoms with E-state index in [1.807, 2.05) is 16.3 Å². The molecule has 1 amide bonds. The van der Waals surface area contributed by atoms with Crippen molar-refractivity contribution in [3.05, 3.63) is 23.5 Å². The van der Waals surface area contributed by atoms with Crippen LogP contribution in [0.25, 0.3) is 5.65 Å². The Morgan fingerprint density at radius 2 is 2.10 bits per heavy atom. The summed E-state index contributed by atoms with van der Waals surface area (Å²) in [7, 11) is 0. The lowest BCUT2D eigenvalue weighted by Gasteiger charge is -2.36. The number of hydrogen-bond donors (Lipinski definition) is 1. The van der Waals surface area contributed by atoms with Gasteiger partial charge in [0, 0.05) is 48.8 Å². The number of carbonyl (C=O) groups excluding carboxylic acids is 1. The first kappa shape index (κ1) is 21.1. The second-order valence-corrected chi connectivity index (χ2v) is 10.9. The first-order valence-electron chi connectivity index (χ1n) is 11.9. The number of rotatable bonds is 4. The zero-order valence-corrected chi connectivity index (χ0v) is 19.5. The lowest BCUT2D eigenvalue weighted by Crippen LogP contribution is -2.42. The van der Waals surface area contributed by atoms with Crippen molar-refractivity contribution in [1.82, 2.24) is 19.5 Å². The number of likely N-dealkylation sites (tertiary alicyclic amines) is 1. The summed E-state index contributed by atoms with van der Waals surface area (Å²) in [4.78, 5) is 22.8. The van der Waals surface area contributed by atoms with Crippen LogP contribution < -0.4 is 10.6 Å². The fourth-order valence-corrected chi connectivity index (χ4v) is 6.81. The van der Waals surface area contributed by atoms with E-state index in [2.05, 4.69) is 35.9 Å². The van der Waals surface area contributed by atoms with Crippen LogP contribution in [0, 0.1) is 6.92 Å². The molecule has 3 aliphatic rings. The molecule has 8 heteroatoms. The summed E-state index contributed by atoms with van der Waals surface area (Å²) in [5.74, 6) is 1.33. The lowest BCUT2D eigenvalue weighted by atomic mass is 9.98. The smallest absolute Gasteiger partial charge is 0.236 e. The predicted molar refractivity (Wildman–Crippen MR) is 126 cm³/mol. The van der Waals surface area contributed by atoms with Gasteiger partial charge in [-0.25, -0.2) is 9.50 Å². The molecule has 0 spiro atoms. The van der Waals surface area contributed by atoms with Gasteiger partial charge >= 0.3 is 0 Å². The van der Waals surface area contributed by atoms with E-state index in [4.69, 9.17) is 15.8 Å². The van der Waals surface area contributed by atoms with E-state index in [0.717, 1.165) is 87.3 Å². The van der Waals surface area contributed by atoms with Gasteiger partial charge in [0.2, 0.25) is 5.91 Å². The molecule has 0 saturated carbocycles. The maximum Gasteiger partial charge on any atom is 0.236 e. The van der Waals surface area contributed by atoms with Gasteiger partial charge < -0.3 is 15.5 Å². The second kappa shape index (κ2) is 8.62. The maximum absolute atomic E-state index is 13.4. The highest BCUT2D eigenvalue weighted by Crippen LogP contribution is 2.39. The molecule has 0 aliphatic carbocycles. The van der Waals surface area contributed by atoms with Crippen LogP contribution in [0.15, 0.2) is 12.3 Å². The minimum Gasteiger partial charge on any atom is -0.355 e. The Labute approximate surface area is 188 Å². The highest BCUT2D eigenvalue weighted by molar-refractivity contribution is 8.01. The van der Waals surface area contributed by atoms with Gasteiger partial charge in [0.25, 0.3) is 0 Å². The fraction of sp³-hybridized carbons (Fsp3) is 0.696. The standard InChI is InChI=1S/C23H34N6OS/c1-3-17-7-8-20(31-17)23(30)28-10-5-4-6-19(28)18-12-21-25-22(15(2)13-29(21)26-18)27-11-9-16(24)14-27/h12-13,16-17,19-20H,3-11,14,24H2,1-2H3/t16-,17?,19-,20?/m0/s1. The molecule has 0 radical (unpaired) electrons. The number of piperidine rings is 1. The number of aromatic nitrogens is 3. The topological polar surface area (TPSA) is 79.8 Å². The Bertz CT molecular complexity index is 961. The van der Waals surface area contributed by atoms with Gasteiger partial charge in [0.1, 0.15) is 5.82 Å². The summed E-state index contributed by atoms with van der Waals surface area (Å²) >= 11 is 1.89. The molecule has 5 rings (SSSR count). The van der Waals surface area contributed by atoms with Crippen LogP contribution in [-0.4, -0.2) is 61.6 Å². The number of fused-ring (bicyclic) bond motifs is 1. The molecule has 3 fully saturated rings. The number of aryl methyl sites for hydroxylation is 1. The van der Waals surface area contributed by atoms with Crippen LogP contribution in [0.3, 0.4) is 0 Å². The zero-order valence-electron chi connectivity index (χ0n) is 18.7. The Hall–Kier alpha value is -1.80. The van der Waals surface area contributed by atoms with Crippen molar-refractivity contribution in [1.29, 1.82) is 0 Å². The molecule has 3 aliphatic heterocycles. The van der Waals surface area contributed by atoms with Crippen molar-refractivity contribution >= 4 is 29.1 Å². The Kier molecular flexibility index (Phi) is 5.86. The third kappa shape index (κ3) is 4.04. The first-order chi connectivity index (χ1) is 15.0. The SMILES string of the molecule is CCC1CCC(C(=O)N2CCCC[C@H]2c2cc3nc(N4CC[C@H](N)C4)c(C)cn3n2)S1. The maximum atomic E-state index is 13.4. The van der Waals surface area contributed by atoms with Crippen LogP contribution in [0.4, 0.5) is 5.82 Å². The Morgan fingerprint density at radius 1 is 1.23 bits per heavy atom. The second-order valence-electron chi connectivity index (χ2n) is 9.39. The third-order valence-electron chi connectivity index (χ3n) is 7.11. The number of amides is 1. The zero-order chi connectivity index (χ0) is 21.5. The lowest BCUT2D eigenvalue weighted by molar-refractivity contribution is -0.134. The summed E-state index contributed by atoms with van der Waals surface area (Å²) in [6.45, 7) is 6.96. The van der Waals surface area contributed by atoms with Crippen LogP contribution in [0.5, 0.6) is 0 Å². The van der Waals surface area contributed by atoms with E-state index in [9.17, 15) is 4.79 Å². The predicted octanol–water partition coefficient (Wildman–Crippen LogP) is 3.30. The molecule has 5 heterocycles. The van der Waals surface area contributed by atoms with Crippen molar-refractivity contribution in [2.75, 3.05) is 24.5 Å². The van der Waals surface area contributed by atoms with E-state index in [0.29, 0.717) is 11.2 Å². The summed E-state index contributed by atoms with van der Waals surface area (Å²) in [5, 5.41) is 5.64. The number of carbonyl (C=O) groups is 1. The van der Waals surface area contributed by atoms with E-state index in [1.54, 1.807) is 0 Å². The van der Waals surface area contributed by atoms with Gasteiger partial charge in [0.15, 0.2) is 5.65 Å². The van der Waals surface area contributed by atoms with Gasteiger partial charge in [-0.05, 0) is 51.9 Å². The minimum absolute atomic E-state index is 0.0631. The highest BCUT2D eigenvalue weighted by atomic mass is 32.2. The van der Waals surface area contributed by atoms with Crippen LogP contribution in [-0.2, 0) is 4.79 Å². The van der Waals surface area contributed by atoms with Gasteiger partial charge in [-0.2, -0.15) is 5.10 Å². The monoisotopic (exact) mass is 442 g/mol. The molecule has 3 saturated heterocycles. The quantitative estimate of drug-likeness (QED) is 0.783. The largest absolute Gasteiger partial charge is 0.355 e. The fourth-order valence-electron chi connectivity index (χ4n) is 5.36. The first-order valence-corrected chi connectivity index (χ1v) is 12.8. The van der Waals surface area contributed by atoms with Crippen molar-refractivity contribution in [2.24, 2.45) is 5.73 Å². The van der Waals surface area contributed by atoms with Crippen molar-refractivity contribution in [2.45, 2.75) is 81.4 Å². The molecule has 7 nitrogen and oxygen atoms in total. The van der Waals surface area contributed by atoms with Crippen molar-refractivity contribution in [3.8, 4) is 0 Å². The van der Waals surface area contributed by atoms with E-state index in [1.165, 1.54) is 0 Å². The van der Waals surface area contributed by atoms with Crippen molar-refractivity contribution in [3.63, 3.8) is 0 Å². The molecule has 31 heavy (non-hydrogen) atoms. The van der Waals surface area contributed by atoms with Gasteiger partial charge in [0.05, 0.1) is 17.0 Å². The molecule has 0 aromatic carbocycles. The average molecular weight is 443 g/mol. The van der Waals surface area contributed by atoms with Crippen molar-refractivity contribution < 1.29 is 4.79 Å². The molecule has 2 unspecified atom stereocenters. The number of hydrogen-bond acceptors (Lipinski definition) is 6. The molecule has 0 bridgehead atoms. The minimum atomic E-state index is 0.0631. The molecule has 2 aromatic rings. The third-order valence-corrected chi connectivity index (χ3v) is 8.83. The molecular weight excluding hydrogens is 408 g/mol. The van der Waals surface area contributed by atoms with Crippen LogP contribution in [0.1, 0.15) is 69.2 Å². The van der Waals surface area contributed by atoms with Crippen LogP contribution >= 0.6 is 11.8 Å². The summed E-state index contributed by atoms with van der Waals surface area (Å²) < 4.78 is 1.89. The Morgan fingerprint density at radius 3 is 2.84 bits per heavy atom. The molecule has 2 N–H and O–H groups in total. The molecular formula is C23H34N6OS. The number of nitrogens with zero attached hydrogens (tertiary/aromatic N) is 5. The normalized spacial score (nSPS) is 29.3. The summed E-state index contributed by atoms with van der Waals surface area (Å²) in [5.41, 5.74) is 9.06. The summed E-state index contributed by atoms with van der Waals surface area (Å²) in [6, 6.07) is 2.37. The number of nitrogens with two attached hydrogens (primary N) is 1. The highest BCUT2D eigenvalue weighted by Gasteiger charge is 2.37. The van der Waals surface area contributed by atoms with Gasteiger partial charge in [-0.15, -0.1) is 11.8 Å². The summed E-state index contributed by atoms with van der Waals surface area (Å²) in [6.07, 6.45) is 9.61. The van der Waals surface area contributed by atoms with E-state index < -0.39 is 0 Å². The molecule has 4 atom stereocenters. The Balaban J connectivity index is 1.41. The molecule has 168 valence electrons. The van der Waals surface area contributed by atoms with Gasteiger partial charge in [-0.1, -0.05) is 6.92 Å².